The lowest BCUT2D eigenvalue weighted by molar-refractivity contribution is 0.0760. The van der Waals surface area contributed by atoms with Gasteiger partial charge in [-0.2, -0.15) is 10.2 Å². The molecule has 0 spiro atoms. The molecule has 25 heavy (non-hydrogen) atoms. The summed E-state index contributed by atoms with van der Waals surface area (Å²) in [5.41, 5.74) is 1.62. The maximum atomic E-state index is 12.5. The minimum atomic E-state index is 0.0348. The summed E-state index contributed by atoms with van der Waals surface area (Å²) >= 11 is 0. The number of rotatable bonds is 4. The van der Waals surface area contributed by atoms with Crippen LogP contribution in [0.25, 0.3) is 0 Å². The first-order valence-electron chi connectivity index (χ1n) is 8.59. The van der Waals surface area contributed by atoms with Crippen molar-refractivity contribution in [1.29, 1.82) is 0 Å². The molecule has 3 rings (SSSR count). The molecular weight excluding hydrogens is 316 g/mol. The number of nitrogens with zero attached hydrogens (tertiary/aromatic N) is 5. The molecule has 1 amide bonds. The second kappa shape index (κ2) is 7.92. The molecule has 0 saturated carbocycles. The van der Waals surface area contributed by atoms with E-state index in [4.69, 9.17) is 0 Å². The molecule has 0 aliphatic carbocycles. The normalized spacial score (nSPS) is 17.7. The van der Waals surface area contributed by atoms with Gasteiger partial charge in [-0.15, -0.1) is 0 Å². The van der Waals surface area contributed by atoms with Crippen LogP contribution in [0, 0.1) is 0 Å². The Hall–Kier alpha value is -2.70. The largest absolute Gasteiger partial charge is 0.381 e. The van der Waals surface area contributed by atoms with E-state index in [2.05, 4.69) is 26.6 Å². The summed E-state index contributed by atoms with van der Waals surface area (Å²) < 4.78 is 0. The molecule has 0 radical (unpaired) electrons. The average Bonchev–Trinajstić information content (AvgIpc) is 2.88. The van der Waals surface area contributed by atoms with Crippen molar-refractivity contribution in [3.63, 3.8) is 0 Å². The van der Waals surface area contributed by atoms with E-state index >= 15 is 0 Å². The van der Waals surface area contributed by atoms with Gasteiger partial charge in [0.25, 0.3) is 5.91 Å². The Labute approximate surface area is 148 Å². The number of anilines is 2. The predicted octanol–water partition coefficient (Wildman–Crippen LogP) is 2.04. The van der Waals surface area contributed by atoms with Gasteiger partial charge >= 0.3 is 0 Å². The highest BCUT2D eigenvalue weighted by atomic mass is 16.2. The lowest BCUT2D eigenvalue weighted by Crippen LogP contribution is -2.32. The van der Waals surface area contributed by atoms with Gasteiger partial charge in [-0.25, -0.2) is 4.98 Å². The lowest BCUT2D eigenvalue weighted by atomic mass is 10.1. The van der Waals surface area contributed by atoms with Crippen LogP contribution in [0.1, 0.15) is 29.6 Å². The van der Waals surface area contributed by atoms with Crippen LogP contribution in [0.15, 0.2) is 36.8 Å². The molecule has 1 fully saturated rings. The molecule has 7 nitrogen and oxygen atoms in total. The number of carbonyl (C=O) groups excluding carboxylic acids is 1. The highest BCUT2D eigenvalue weighted by Gasteiger charge is 2.21. The van der Waals surface area contributed by atoms with E-state index in [0.717, 1.165) is 43.9 Å². The standard InChI is InChI=1S/C18H24N6O/c1-23(2)17-6-5-16(13-19-17)22-15-4-3-10-24(11-8-15)18(25)14-7-9-20-21-12-14/h5-7,9,12-13,15,22H,3-4,8,10-11H2,1-2H3. The van der Waals surface area contributed by atoms with Crippen molar-refractivity contribution in [2.24, 2.45) is 0 Å². The van der Waals surface area contributed by atoms with E-state index in [9.17, 15) is 4.79 Å². The van der Waals surface area contributed by atoms with Crippen LogP contribution in [0.3, 0.4) is 0 Å². The molecule has 2 aromatic rings. The topological polar surface area (TPSA) is 74.2 Å². The van der Waals surface area contributed by atoms with Crippen LogP contribution in [-0.4, -0.2) is 59.2 Å². The third-order valence-corrected chi connectivity index (χ3v) is 4.42. The highest BCUT2D eigenvalue weighted by Crippen LogP contribution is 2.19. The van der Waals surface area contributed by atoms with Crippen molar-refractivity contribution in [2.45, 2.75) is 25.3 Å². The SMILES string of the molecule is CN(C)c1ccc(NC2CCCN(C(=O)c3ccnnc3)CC2)cn1. The van der Waals surface area contributed by atoms with Gasteiger partial charge in [-0.05, 0) is 37.5 Å². The zero-order valence-corrected chi connectivity index (χ0v) is 14.7. The van der Waals surface area contributed by atoms with Gasteiger partial charge in [0.2, 0.25) is 0 Å². The first-order chi connectivity index (χ1) is 12.1. The molecule has 1 aliphatic heterocycles. The predicted molar refractivity (Wildman–Crippen MR) is 97.8 cm³/mol. The molecule has 132 valence electrons. The third kappa shape index (κ3) is 4.43. The summed E-state index contributed by atoms with van der Waals surface area (Å²) in [5, 5.41) is 11.1. The number of aromatic nitrogens is 3. The first-order valence-corrected chi connectivity index (χ1v) is 8.59. The van der Waals surface area contributed by atoms with Gasteiger partial charge in [0, 0.05) is 33.2 Å². The minimum absolute atomic E-state index is 0.0348. The summed E-state index contributed by atoms with van der Waals surface area (Å²) in [6, 6.07) is 6.12. The Bertz CT molecular complexity index is 688. The van der Waals surface area contributed by atoms with Crippen molar-refractivity contribution in [2.75, 3.05) is 37.4 Å². The molecule has 1 atom stereocenters. The number of nitrogens with one attached hydrogen (secondary N) is 1. The van der Waals surface area contributed by atoms with Gasteiger partial charge in [0.05, 0.1) is 29.8 Å². The molecular formula is C18H24N6O. The third-order valence-electron chi connectivity index (χ3n) is 4.42. The summed E-state index contributed by atoms with van der Waals surface area (Å²) in [6.07, 6.45) is 7.88. The van der Waals surface area contributed by atoms with E-state index in [0.29, 0.717) is 11.6 Å². The minimum Gasteiger partial charge on any atom is -0.381 e. The number of likely N-dealkylation sites (tertiary alicyclic amines) is 1. The molecule has 0 bridgehead atoms. The zero-order valence-electron chi connectivity index (χ0n) is 14.7. The van der Waals surface area contributed by atoms with Crippen LogP contribution < -0.4 is 10.2 Å². The fraction of sp³-hybridized carbons (Fsp3) is 0.444. The molecule has 1 unspecified atom stereocenters. The summed E-state index contributed by atoms with van der Waals surface area (Å²) in [7, 11) is 3.95. The Balaban J connectivity index is 1.57. The number of hydrogen-bond donors (Lipinski definition) is 1. The smallest absolute Gasteiger partial charge is 0.255 e. The van der Waals surface area contributed by atoms with Gasteiger partial charge in [-0.1, -0.05) is 0 Å². The van der Waals surface area contributed by atoms with E-state index in [1.165, 1.54) is 6.20 Å². The van der Waals surface area contributed by atoms with Crippen LogP contribution in [0.4, 0.5) is 11.5 Å². The van der Waals surface area contributed by atoms with Crippen LogP contribution in [0.2, 0.25) is 0 Å². The van der Waals surface area contributed by atoms with E-state index in [-0.39, 0.29) is 5.91 Å². The quantitative estimate of drug-likeness (QED) is 0.918. The highest BCUT2D eigenvalue weighted by molar-refractivity contribution is 5.93. The van der Waals surface area contributed by atoms with Gasteiger partial charge in [-0.3, -0.25) is 4.79 Å². The summed E-state index contributed by atoms with van der Waals surface area (Å²) in [5.74, 6) is 0.974. The van der Waals surface area contributed by atoms with Crippen molar-refractivity contribution < 1.29 is 4.79 Å². The molecule has 0 aromatic carbocycles. The van der Waals surface area contributed by atoms with Gasteiger partial charge < -0.3 is 15.1 Å². The fourth-order valence-corrected chi connectivity index (χ4v) is 3.02. The molecule has 1 aliphatic rings. The maximum Gasteiger partial charge on any atom is 0.255 e. The average molecular weight is 340 g/mol. The van der Waals surface area contributed by atoms with Crippen molar-refractivity contribution >= 4 is 17.4 Å². The fourth-order valence-electron chi connectivity index (χ4n) is 3.02. The van der Waals surface area contributed by atoms with E-state index < -0.39 is 0 Å². The zero-order chi connectivity index (χ0) is 17.6. The van der Waals surface area contributed by atoms with Crippen molar-refractivity contribution in [1.82, 2.24) is 20.1 Å². The Morgan fingerprint density at radius 1 is 1.16 bits per heavy atom. The van der Waals surface area contributed by atoms with Gasteiger partial charge in [0.1, 0.15) is 5.82 Å². The monoisotopic (exact) mass is 340 g/mol. The van der Waals surface area contributed by atoms with Crippen LogP contribution in [0.5, 0.6) is 0 Å². The first kappa shape index (κ1) is 17.1. The maximum absolute atomic E-state index is 12.5. The Morgan fingerprint density at radius 3 is 2.72 bits per heavy atom. The molecule has 2 aromatic heterocycles. The van der Waals surface area contributed by atoms with E-state index in [1.807, 2.05) is 36.2 Å². The summed E-state index contributed by atoms with van der Waals surface area (Å²) in [4.78, 5) is 20.9. The van der Waals surface area contributed by atoms with Crippen LogP contribution >= 0.6 is 0 Å². The van der Waals surface area contributed by atoms with Gasteiger partial charge in [0.15, 0.2) is 0 Å². The second-order valence-electron chi connectivity index (χ2n) is 6.49. The summed E-state index contributed by atoms with van der Waals surface area (Å²) in [6.45, 7) is 1.51. The van der Waals surface area contributed by atoms with Crippen molar-refractivity contribution in [3.8, 4) is 0 Å². The number of hydrogen-bond acceptors (Lipinski definition) is 6. The Morgan fingerprint density at radius 2 is 2.04 bits per heavy atom. The second-order valence-corrected chi connectivity index (χ2v) is 6.49. The number of carbonyl (C=O) groups is 1. The molecule has 1 saturated heterocycles. The molecule has 3 heterocycles. The molecule has 1 N–H and O–H groups in total. The number of pyridine rings is 1. The Kier molecular flexibility index (Phi) is 5.42. The lowest BCUT2D eigenvalue weighted by Gasteiger charge is -2.21. The molecule has 7 heteroatoms. The number of amides is 1. The van der Waals surface area contributed by atoms with E-state index in [1.54, 1.807) is 12.3 Å². The van der Waals surface area contributed by atoms with Crippen LogP contribution in [-0.2, 0) is 0 Å². The van der Waals surface area contributed by atoms with Crippen molar-refractivity contribution in [3.05, 3.63) is 42.4 Å².